The molecule has 0 heterocycles. The first kappa shape index (κ1) is 15.2. The Morgan fingerprint density at radius 2 is 1.67 bits per heavy atom. The molecule has 102 valence electrons. The SMILES string of the molecule is CCN(CC)CCNC(c1ccccc1)C(C)C. The molecule has 1 N–H and O–H groups in total. The van der Waals surface area contributed by atoms with Gasteiger partial charge >= 0.3 is 0 Å². The standard InChI is InChI=1S/C16H28N2/c1-5-18(6-2)13-12-17-16(14(3)4)15-10-8-7-9-11-15/h7-11,14,16-17H,5-6,12-13H2,1-4H3. The Kier molecular flexibility index (Phi) is 6.99. The Balaban J connectivity index is 2.50. The number of nitrogens with one attached hydrogen (secondary N) is 1. The Hall–Kier alpha value is -0.860. The summed E-state index contributed by atoms with van der Waals surface area (Å²) in [5.41, 5.74) is 1.40. The highest BCUT2D eigenvalue weighted by Crippen LogP contribution is 2.20. The van der Waals surface area contributed by atoms with Crippen LogP contribution in [0.25, 0.3) is 0 Å². The lowest BCUT2D eigenvalue weighted by atomic mass is 9.96. The monoisotopic (exact) mass is 248 g/mol. The summed E-state index contributed by atoms with van der Waals surface area (Å²) >= 11 is 0. The molecule has 0 saturated heterocycles. The van der Waals surface area contributed by atoms with Gasteiger partial charge in [-0.05, 0) is 24.6 Å². The van der Waals surface area contributed by atoms with Crippen molar-refractivity contribution in [2.75, 3.05) is 26.2 Å². The van der Waals surface area contributed by atoms with E-state index in [1.54, 1.807) is 0 Å². The summed E-state index contributed by atoms with van der Waals surface area (Å²) in [6.45, 7) is 13.5. The van der Waals surface area contributed by atoms with Crippen LogP contribution >= 0.6 is 0 Å². The molecule has 0 radical (unpaired) electrons. The zero-order chi connectivity index (χ0) is 13.4. The smallest absolute Gasteiger partial charge is 0.0343 e. The van der Waals surface area contributed by atoms with Crippen molar-refractivity contribution in [1.82, 2.24) is 10.2 Å². The number of rotatable bonds is 8. The molecule has 18 heavy (non-hydrogen) atoms. The third-order valence-corrected chi connectivity index (χ3v) is 3.51. The first-order chi connectivity index (χ1) is 8.69. The van der Waals surface area contributed by atoms with Crippen molar-refractivity contribution >= 4 is 0 Å². The zero-order valence-electron chi connectivity index (χ0n) is 12.3. The molecule has 0 amide bonds. The molecule has 1 rings (SSSR count). The summed E-state index contributed by atoms with van der Waals surface area (Å²) in [6, 6.07) is 11.2. The minimum Gasteiger partial charge on any atom is -0.308 e. The minimum absolute atomic E-state index is 0.460. The van der Waals surface area contributed by atoms with E-state index in [-0.39, 0.29) is 0 Å². The molecule has 0 saturated carbocycles. The Morgan fingerprint density at radius 1 is 1.06 bits per heavy atom. The predicted octanol–water partition coefficient (Wildman–Crippen LogP) is 3.32. The van der Waals surface area contributed by atoms with Crippen molar-refractivity contribution in [1.29, 1.82) is 0 Å². The highest BCUT2D eigenvalue weighted by Gasteiger charge is 2.14. The fourth-order valence-electron chi connectivity index (χ4n) is 2.32. The van der Waals surface area contributed by atoms with Crippen LogP contribution in [-0.4, -0.2) is 31.1 Å². The van der Waals surface area contributed by atoms with Gasteiger partial charge in [0.25, 0.3) is 0 Å². The maximum atomic E-state index is 3.69. The van der Waals surface area contributed by atoms with Crippen LogP contribution in [0.1, 0.15) is 39.3 Å². The second kappa shape index (κ2) is 8.28. The topological polar surface area (TPSA) is 15.3 Å². The van der Waals surface area contributed by atoms with Gasteiger partial charge in [0, 0.05) is 19.1 Å². The zero-order valence-corrected chi connectivity index (χ0v) is 12.3. The first-order valence-electron chi connectivity index (χ1n) is 7.19. The van der Waals surface area contributed by atoms with Gasteiger partial charge < -0.3 is 10.2 Å². The van der Waals surface area contributed by atoms with Crippen molar-refractivity contribution in [3.05, 3.63) is 35.9 Å². The van der Waals surface area contributed by atoms with Gasteiger partial charge in [0.15, 0.2) is 0 Å². The molecule has 1 atom stereocenters. The fraction of sp³-hybridized carbons (Fsp3) is 0.625. The van der Waals surface area contributed by atoms with Gasteiger partial charge in [-0.25, -0.2) is 0 Å². The summed E-state index contributed by atoms with van der Waals surface area (Å²) < 4.78 is 0. The van der Waals surface area contributed by atoms with Crippen LogP contribution < -0.4 is 5.32 Å². The van der Waals surface area contributed by atoms with Gasteiger partial charge in [-0.15, -0.1) is 0 Å². The van der Waals surface area contributed by atoms with Crippen LogP contribution in [0.3, 0.4) is 0 Å². The third-order valence-electron chi connectivity index (χ3n) is 3.51. The summed E-state index contributed by atoms with van der Waals surface area (Å²) in [5.74, 6) is 0.615. The van der Waals surface area contributed by atoms with E-state index < -0.39 is 0 Å². The lowest BCUT2D eigenvalue weighted by Crippen LogP contribution is -2.35. The summed E-state index contributed by atoms with van der Waals surface area (Å²) in [5, 5.41) is 3.69. The van der Waals surface area contributed by atoms with Crippen molar-refractivity contribution in [3.8, 4) is 0 Å². The second-order valence-corrected chi connectivity index (χ2v) is 5.11. The summed E-state index contributed by atoms with van der Waals surface area (Å²) in [4.78, 5) is 2.45. The maximum absolute atomic E-state index is 3.69. The van der Waals surface area contributed by atoms with E-state index in [0.29, 0.717) is 12.0 Å². The van der Waals surface area contributed by atoms with E-state index in [2.05, 4.69) is 68.2 Å². The van der Waals surface area contributed by atoms with Gasteiger partial charge in [-0.1, -0.05) is 58.0 Å². The highest BCUT2D eigenvalue weighted by atomic mass is 15.1. The first-order valence-corrected chi connectivity index (χ1v) is 7.19. The molecule has 2 heteroatoms. The van der Waals surface area contributed by atoms with Gasteiger partial charge in [0.05, 0.1) is 0 Å². The Bertz CT molecular complexity index is 304. The number of hydrogen-bond acceptors (Lipinski definition) is 2. The van der Waals surface area contributed by atoms with E-state index in [4.69, 9.17) is 0 Å². The average Bonchev–Trinajstić information content (AvgIpc) is 2.39. The minimum atomic E-state index is 0.460. The molecule has 2 nitrogen and oxygen atoms in total. The molecular weight excluding hydrogens is 220 g/mol. The lowest BCUT2D eigenvalue weighted by Gasteiger charge is -2.25. The van der Waals surface area contributed by atoms with Gasteiger partial charge in [0.2, 0.25) is 0 Å². The Morgan fingerprint density at radius 3 is 2.17 bits per heavy atom. The second-order valence-electron chi connectivity index (χ2n) is 5.11. The van der Waals surface area contributed by atoms with Crippen molar-refractivity contribution in [2.24, 2.45) is 5.92 Å². The molecule has 1 aromatic carbocycles. The number of hydrogen-bond donors (Lipinski definition) is 1. The van der Waals surface area contributed by atoms with Crippen LogP contribution in [0, 0.1) is 5.92 Å². The van der Waals surface area contributed by atoms with E-state index in [1.807, 2.05) is 0 Å². The molecule has 0 fully saturated rings. The molecule has 0 spiro atoms. The van der Waals surface area contributed by atoms with E-state index in [9.17, 15) is 0 Å². The molecule has 0 aliphatic carbocycles. The van der Waals surface area contributed by atoms with Crippen molar-refractivity contribution in [3.63, 3.8) is 0 Å². The predicted molar refractivity (Wildman–Crippen MR) is 79.8 cm³/mol. The van der Waals surface area contributed by atoms with E-state index >= 15 is 0 Å². The average molecular weight is 248 g/mol. The third kappa shape index (κ3) is 4.79. The number of likely N-dealkylation sites (N-methyl/N-ethyl adjacent to an activating group) is 1. The fourth-order valence-corrected chi connectivity index (χ4v) is 2.32. The summed E-state index contributed by atoms with van der Waals surface area (Å²) in [6.07, 6.45) is 0. The van der Waals surface area contributed by atoms with Gasteiger partial charge in [-0.2, -0.15) is 0 Å². The quantitative estimate of drug-likeness (QED) is 0.759. The molecule has 0 aromatic heterocycles. The van der Waals surface area contributed by atoms with Crippen LogP contribution in [0.15, 0.2) is 30.3 Å². The van der Waals surface area contributed by atoms with Gasteiger partial charge in [0.1, 0.15) is 0 Å². The molecule has 0 aliphatic rings. The summed E-state index contributed by atoms with van der Waals surface area (Å²) in [7, 11) is 0. The van der Waals surface area contributed by atoms with Crippen LogP contribution in [0.4, 0.5) is 0 Å². The van der Waals surface area contributed by atoms with Crippen LogP contribution in [-0.2, 0) is 0 Å². The molecular formula is C16H28N2. The number of nitrogens with zero attached hydrogens (tertiary/aromatic N) is 1. The molecule has 1 aromatic rings. The van der Waals surface area contributed by atoms with E-state index in [0.717, 1.165) is 26.2 Å². The largest absolute Gasteiger partial charge is 0.308 e. The molecule has 1 unspecified atom stereocenters. The van der Waals surface area contributed by atoms with Crippen LogP contribution in [0.2, 0.25) is 0 Å². The normalized spacial score (nSPS) is 13.2. The molecule has 0 aliphatic heterocycles. The molecule has 0 bridgehead atoms. The maximum Gasteiger partial charge on any atom is 0.0343 e. The van der Waals surface area contributed by atoms with E-state index in [1.165, 1.54) is 5.56 Å². The van der Waals surface area contributed by atoms with Crippen molar-refractivity contribution in [2.45, 2.75) is 33.7 Å². The number of benzene rings is 1. The highest BCUT2D eigenvalue weighted by molar-refractivity contribution is 5.19. The Labute approximate surface area is 112 Å². The van der Waals surface area contributed by atoms with Gasteiger partial charge in [-0.3, -0.25) is 0 Å². The van der Waals surface area contributed by atoms with Crippen molar-refractivity contribution < 1.29 is 0 Å². The van der Waals surface area contributed by atoms with Crippen LogP contribution in [0.5, 0.6) is 0 Å². The lowest BCUT2D eigenvalue weighted by molar-refractivity contribution is 0.287.